The van der Waals surface area contributed by atoms with Gasteiger partial charge >= 0.3 is 0 Å². The van der Waals surface area contributed by atoms with Crippen LogP contribution in [0.15, 0.2) is 47.4 Å². The first kappa shape index (κ1) is 20.7. The highest BCUT2D eigenvalue weighted by Crippen LogP contribution is 2.25. The zero-order chi connectivity index (χ0) is 20.3. The molecule has 150 valence electrons. The van der Waals surface area contributed by atoms with Gasteiger partial charge in [0, 0.05) is 35.3 Å². The minimum absolute atomic E-state index is 0.0264. The van der Waals surface area contributed by atoms with Gasteiger partial charge in [-0.05, 0) is 61.9 Å². The summed E-state index contributed by atoms with van der Waals surface area (Å²) in [5, 5.41) is 2.80. The summed E-state index contributed by atoms with van der Waals surface area (Å²) in [7, 11) is -1.94. The van der Waals surface area contributed by atoms with Crippen LogP contribution >= 0.6 is 11.8 Å². The van der Waals surface area contributed by atoms with Crippen LogP contribution in [0, 0.1) is 6.92 Å². The van der Waals surface area contributed by atoms with Crippen molar-refractivity contribution < 1.29 is 17.9 Å². The van der Waals surface area contributed by atoms with Gasteiger partial charge in [0.15, 0.2) is 0 Å². The molecule has 0 saturated carbocycles. The quantitative estimate of drug-likeness (QED) is 0.803. The summed E-state index contributed by atoms with van der Waals surface area (Å²) in [5.74, 6) is 2.06. The Morgan fingerprint density at radius 1 is 1.21 bits per heavy atom. The highest BCUT2D eigenvalue weighted by molar-refractivity contribution is 7.99. The van der Waals surface area contributed by atoms with Gasteiger partial charge in [0.1, 0.15) is 5.75 Å². The third-order valence-corrected chi connectivity index (χ3v) is 7.90. The lowest BCUT2D eigenvalue weighted by atomic mass is 10.1. The number of hydrogen-bond donors (Lipinski definition) is 1. The molecule has 6 nitrogen and oxygen atoms in total. The third kappa shape index (κ3) is 4.34. The molecule has 2 aromatic carbocycles. The fraction of sp³-hybridized carbons (Fsp3) is 0.350. The van der Waals surface area contributed by atoms with Crippen molar-refractivity contribution in [1.82, 2.24) is 4.31 Å². The van der Waals surface area contributed by atoms with Crippen LogP contribution in [-0.2, 0) is 10.0 Å². The number of anilines is 1. The number of aryl methyl sites for hydroxylation is 1. The second-order valence-electron chi connectivity index (χ2n) is 6.70. The summed E-state index contributed by atoms with van der Waals surface area (Å²) in [6.45, 7) is 4.31. The first-order valence-corrected chi connectivity index (χ1v) is 11.6. The summed E-state index contributed by atoms with van der Waals surface area (Å²) in [6, 6.07) is 11.5. The Balaban J connectivity index is 1.74. The molecule has 0 unspecified atom stereocenters. The van der Waals surface area contributed by atoms with E-state index in [0.29, 0.717) is 17.8 Å². The Labute approximate surface area is 170 Å². The Bertz CT molecular complexity index is 959. The Kier molecular flexibility index (Phi) is 6.32. The molecule has 0 aliphatic carbocycles. The van der Waals surface area contributed by atoms with Crippen LogP contribution in [0.5, 0.6) is 5.75 Å². The van der Waals surface area contributed by atoms with E-state index in [2.05, 4.69) is 5.32 Å². The van der Waals surface area contributed by atoms with Crippen molar-refractivity contribution in [2.75, 3.05) is 30.5 Å². The second-order valence-corrected chi connectivity index (χ2v) is 9.74. The molecule has 0 aromatic heterocycles. The van der Waals surface area contributed by atoms with Crippen molar-refractivity contribution in [2.45, 2.75) is 24.8 Å². The molecule has 1 fully saturated rings. The number of rotatable bonds is 5. The topological polar surface area (TPSA) is 75.7 Å². The lowest BCUT2D eigenvalue weighted by Crippen LogP contribution is -2.44. The Morgan fingerprint density at radius 3 is 2.54 bits per heavy atom. The number of amides is 1. The van der Waals surface area contributed by atoms with Gasteiger partial charge in [0.05, 0.1) is 12.0 Å². The van der Waals surface area contributed by atoms with Crippen molar-refractivity contribution in [3.8, 4) is 5.75 Å². The number of sulfonamides is 1. The van der Waals surface area contributed by atoms with E-state index in [0.717, 1.165) is 22.8 Å². The lowest BCUT2D eigenvalue weighted by Gasteiger charge is -2.31. The average molecular weight is 421 g/mol. The molecule has 0 spiro atoms. The molecule has 1 saturated heterocycles. The molecule has 1 atom stereocenters. The highest BCUT2D eigenvalue weighted by atomic mass is 32.2. The molecule has 8 heteroatoms. The predicted octanol–water partition coefficient (Wildman–Crippen LogP) is 3.38. The van der Waals surface area contributed by atoms with Gasteiger partial charge in [0.2, 0.25) is 10.0 Å². The van der Waals surface area contributed by atoms with Crippen molar-refractivity contribution in [1.29, 1.82) is 0 Å². The van der Waals surface area contributed by atoms with Crippen LogP contribution in [0.1, 0.15) is 22.8 Å². The molecule has 0 radical (unpaired) electrons. The maximum atomic E-state index is 12.9. The fourth-order valence-corrected chi connectivity index (χ4v) is 5.99. The van der Waals surface area contributed by atoms with E-state index in [-0.39, 0.29) is 16.8 Å². The largest absolute Gasteiger partial charge is 0.496 e. The second kappa shape index (κ2) is 8.55. The number of nitrogens with one attached hydrogen (secondary N) is 1. The molecule has 2 aromatic rings. The number of carbonyl (C=O) groups is 1. The SMILES string of the molecule is COc1ccc(C(=O)Nc2ccc(S(=O)(=O)N3CCSC[C@H]3C)cc2)cc1C. The van der Waals surface area contributed by atoms with Gasteiger partial charge in [-0.25, -0.2) is 8.42 Å². The van der Waals surface area contributed by atoms with Crippen molar-refractivity contribution in [3.63, 3.8) is 0 Å². The van der Waals surface area contributed by atoms with Gasteiger partial charge in [-0.3, -0.25) is 4.79 Å². The maximum Gasteiger partial charge on any atom is 0.255 e. The van der Waals surface area contributed by atoms with Crippen molar-refractivity contribution in [2.24, 2.45) is 0 Å². The van der Waals surface area contributed by atoms with Gasteiger partial charge in [-0.2, -0.15) is 16.1 Å². The summed E-state index contributed by atoms with van der Waals surface area (Å²) < 4.78 is 32.5. The van der Waals surface area contributed by atoms with Gasteiger partial charge in [0.25, 0.3) is 5.91 Å². The van der Waals surface area contributed by atoms with Crippen molar-refractivity contribution in [3.05, 3.63) is 53.6 Å². The fourth-order valence-electron chi connectivity index (χ4n) is 3.14. The third-order valence-electron chi connectivity index (χ3n) is 4.68. The minimum Gasteiger partial charge on any atom is -0.496 e. The number of benzene rings is 2. The first-order chi connectivity index (χ1) is 13.3. The molecular formula is C20H24N2O4S2. The van der Waals surface area contributed by atoms with E-state index >= 15 is 0 Å². The zero-order valence-electron chi connectivity index (χ0n) is 16.1. The summed E-state index contributed by atoms with van der Waals surface area (Å²) >= 11 is 1.77. The monoisotopic (exact) mass is 420 g/mol. The van der Waals surface area contributed by atoms with E-state index in [4.69, 9.17) is 4.74 Å². The first-order valence-electron chi connectivity index (χ1n) is 8.98. The molecule has 3 rings (SSSR count). The van der Waals surface area contributed by atoms with Crippen LogP contribution in [0.2, 0.25) is 0 Å². The van der Waals surface area contributed by atoms with Crippen molar-refractivity contribution >= 4 is 33.4 Å². The summed E-state index contributed by atoms with van der Waals surface area (Å²) in [4.78, 5) is 12.7. The number of nitrogens with zero attached hydrogens (tertiary/aromatic N) is 1. The van der Waals surface area contributed by atoms with E-state index in [1.807, 2.05) is 13.8 Å². The number of ether oxygens (including phenoxy) is 1. The normalized spacial score (nSPS) is 17.9. The predicted molar refractivity (Wildman–Crippen MR) is 113 cm³/mol. The van der Waals surface area contributed by atoms with Crippen LogP contribution in [-0.4, -0.2) is 49.8 Å². The smallest absolute Gasteiger partial charge is 0.255 e. The van der Waals surface area contributed by atoms with Gasteiger partial charge in [-0.1, -0.05) is 0 Å². The molecule has 1 N–H and O–H groups in total. The van der Waals surface area contributed by atoms with Gasteiger partial charge in [-0.15, -0.1) is 0 Å². The number of thioether (sulfide) groups is 1. The Hall–Kier alpha value is -2.03. The van der Waals surface area contributed by atoms with E-state index in [1.54, 1.807) is 65.6 Å². The number of carbonyl (C=O) groups excluding carboxylic acids is 1. The van der Waals surface area contributed by atoms with Crippen LogP contribution in [0.4, 0.5) is 5.69 Å². The van der Waals surface area contributed by atoms with E-state index in [1.165, 1.54) is 0 Å². The molecule has 1 heterocycles. The molecule has 1 aliphatic heterocycles. The minimum atomic E-state index is -3.53. The molecule has 0 bridgehead atoms. The molecule has 28 heavy (non-hydrogen) atoms. The van der Waals surface area contributed by atoms with Gasteiger partial charge < -0.3 is 10.1 Å². The molecular weight excluding hydrogens is 396 g/mol. The number of methoxy groups -OCH3 is 1. The average Bonchev–Trinajstić information content (AvgIpc) is 2.68. The van der Waals surface area contributed by atoms with Crippen LogP contribution < -0.4 is 10.1 Å². The van der Waals surface area contributed by atoms with Crippen LogP contribution in [0.3, 0.4) is 0 Å². The lowest BCUT2D eigenvalue weighted by molar-refractivity contribution is 0.102. The highest BCUT2D eigenvalue weighted by Gasteiger charge is 2.31. The maximum absolute atomic E-state index is 12.9. The Morgan fingerprint density at radius 2 is 1.93 bits per heavy atom. The van der Waals surface area contributed by atoms with E-state index in [9.17, 15) is 13.2 Å². The summed E-state index contributed by atoms with van der Waals surface area (Å²) in [5.41, 5.74) is 1.92. The standard InChI is InChI=1S/C20H24N2O4S2/c1-14-12-16(4-9-19(14)26-3)20(23)21-17-5-7-18(8-6-17)28(24,25)22-10-11-27-13-15(22)2/h4-9,12,15H,10-11,13H2,1-3H3,(H,21,23)/t15-/m1/s1. The van der Waals surface area contributed by atoms with E-state index < -0.39 is 10.0 Å². The zero-order valence-corrected chi connectivity index (χ0v) is 17.8. The molecule has 1 amide bonds. The van der Waals surface area contributed by atoms with Crippen LogP contribution in [0.25, 0.3) is 0 Å². The number of hydrogen-bond acceptors (Lipinski definition) is 5. The molecule has 1 aliphatic rings. The summed E-state index contributed by atoms with van der Waals surface area (Å²) in [6.07, 6.45) is 0.